The van der Waals surface area contributed by atoms with Crippen LogP contribution in [0.2, 0.25) is 0 Å². The maximum atomic E-state index is 11.3. The van der Waals surface area contributed by atoms with Gasteiger partial charge in [-0.2, -0.15) is 5.10 Å². The molecule has 0 atom stereocenters. The van der Waals surface area contributed by atoms with Crippen LogP contribution >= 0.6 is 0 Å². The first-order valence-electron chi connectivity index (χ1n) is 6.69. The van der Waals surface area contributed by atoms with E-state index in [1.807, 2.05) is 37.4 Å². The van der Waals surface area contributed by atoms with Crippen LogP contribution in [0.5, 0.6) is 0 Å². The Morgan fingerprint density at radius 1 is 1.05 bits per heavy atom. The lowest BCUT2D eigenvalue weighted by Gasteiger charge is -2.03. The van der Waals surface area contributed by atoms with Gasteiger partial charge < -0.3 is 0 Å². The number of aryl methyl sites for hydroxylation is 1. The molecular formula is C16H15N3O2S. The molecule has 0 saturated carbocycles. The molecule has 3 aromatic rings. The third-order valence-corrected chi connectivity index (χ3v) is 4.26. The van der Waals surface area contributed by atoms with Crippen molar-refractivity contribution < 1.29 is 8.42 Å². The van der Waals surface area contributed by atoms with Crippen LogP contribution in [0.25, 0.3) is 16.9 Å². The zero-order chi connectivity index (χ0) is 15.7. The van der Waals surface area contributed by atoms with E-state index in [0.29, 0.717) is 0 Å². The minimum absolute atomic E-state index is 0.0855. The molecule has 0 aliphatic heterocycles. The van der Waals surface area contributed by atoms with Gasteiger partial charge in [-0.15, -0.1) is 0 Å². The van der Waals surface area contributed by atoms with Crippen LogP contribution in [0, 0.1) is 6.92 Å². The number of nitrogens with two attached hydrogens (primary N) is 1. The third-order valence-electron chi connectivity index (χ3n) is 3.33. The molecule has 22 heavy (non-hydrogen) atoms. The molecule has 112 valence electrons. The summed E-state index contributed by atoms with van der Waals surface area (Å²) in [5, 5.41) is 9.61. The first kappa shape index (κ1) is 14.5. The third kappa shape index (κ3) is 2.93. The average Bonchev–Trinajstić information content (AvgIpc) is 2.96. The Morgan fingerprint density at radius 2 is 1.77 bits per heavy atom. The second kappa shape index (κ2) is 5.40. The standard InChI is InChI=1S/C16H15N3O2S/c1-12-3-2-4-13(11-12)16-9-10-19(18-16)14-5-7-15(8-6-14)22(17,20)21/h2-11H,1H3,(H2,17,20,21). The summed E-state index contributed by atoms with van der Waals surface area (Å²) in [6.07, 6.45) is 1.84. The Balaban J connectivity index is 1.94. The second-order valence-corrected chi connectivity index (χ2v) is 6.62. The first-order valence-corrected chi connectivity index (χ1v) is 8.24. The van der Waals surface area contributed by atoms with Crippen LogP contribution in [-0.4, -0.2) is 18.2 Å². The van der Waals surface area contributed by atoms with E-state index >= 15 is 0 Å². The van der Waals surface area contributed by atoms with Gasteiger partial charge in [0, 0.05) is 11.8 Å². The largest absolute Gasteiger partial charge is 0.240 e. The molecule has 0 saturated heterocycles. The molecule has 0 radical (unpaired) electrons. The maximum absolute atomic E-state index is 11.3. The van der Waals surface area contributed by atoms with Gasteiger partial charge >= 0.3 is 0 Å². The normalized spacial score (nSPS) is 11.5. The summed E-state index contributed by atoms with van der Waals surface area (Å²) in [4.78, 5) is 0.0855. The highest BCUT2D eigenvalue weighted by Crippen LogP contribution is 2.20. The molecule has 6 heteroatoms. The van der Waals surface area contributed by atoms with Crippen molar-refractivity contribution in [2.24, 2.45) is 5.14 Å². The Morgan fingerprint density at radius 3 is 2.41 bits per heavy atom. The van der Waals surface area contributed by atoms with Crippen LogP contribution in [0.3, 0.4) is 0 Å². The van der Waals surface area contributed by atoms with Crippen LogP contribution in [0.15, 0.2) is 65.7 Å². The molecule has 0 aliphatic carbocycles. The Labute approximate surface area is 129 Å². The average molecular weight is 313 g/mol. The van der Waals surface area contributed by atoms with Crippen molar-refractivity contribution in [1.29, 1.82) is 0 Å². The predicted octanol–water partition coefficient (Wildman–Crippen LogP) is 2.50. The first-order chi connectivity index (χ1) is 10.4. The molecule has 5 nitrogen and oxygen atoms in total. The highest BCUT2D eigenvalue weighted by molar-refractivity contribution is 7.89. The summed E-state index contributed by atoms with van der Waals surface area (Å²) in [6, 6.07) is 16.3. The summed E-state index contributed by atoms with van der Waals surface area (Å²) in [5.74, 6) is 0. The van der Waals surface area contributed by atoms with Crippen molar-refractivity contribution in [3.05, 3.63) is 66.4 Å². The summed E-state index contributed by atoms with van der Waals surface area (Å²) in [6.45, 7) is 2.03. The van der Waals surface area contributed by atoms with E-state index < -0.39 is 10.0 Å². The molecule has 2 aromatic carbocycles. The number of hydrogen-bond donors (Lipinski definition) is 1. The lowest BCUT2D eigenvalue weighted by Crippen LogP contribution is -2.12. The number of hydrogen-bond acceptors (Lipinski definition) is 3. The van der Waals surface area contributed by atoms with Gasteiger partial charge in [-0.25, -0.2) is 18.2 Å². The molecular weight excluding hydrogens is 298 g/mol. The van der Waals surface area contributed by atoms with Crippen LogP contribution in [-0.2, 0) is 10.0 Å². The van der Waals surface area contributed by atoms with Crippen molar-refractivity contribution >= 4 is 10.0 Å². The SMILES string of the molecule is Cc1cccc(-c2ccn(-c3ccc(S(N)(=O)=O)cc3)n2)c1. The summed E-state index contributed by atoms with van der Waals surface area (Å²) >= 11 is 0. The van der Waals surface area contributed by atoms with E-state index in [0.717, 1.165) is 16.9 Å². The van der Waals surface area contributed by atoms with Gasteiger partial charge in [0.15, 0.2) is 0 Å². The van der Waals surface area contributed by atoms with Gasteiger partial charge in [0.1, 0.15) is 0 Å². The van der Waals surface area contributed by atoms with E-state index in [-0.39, 0.29) is 4.90 Å². The molecule has 2 N–H and O–H groups in total. The lowest BCUT2D eigenvalue weighted by atomic mass is 10.1. The van der Waals surface area contributed by atoms with Crippen LogP contribution < -0.4 is 5.14 Å². The topological polar surface area (TPSA) is 78.0 Å². The molecule has 0 fully saturated rings. The van der Waals surface area contributed by atoms with Gasteiger partial charge in [0.05, 0.1) is 16.3 Å². The highest BCUT2D eigenvalue weighted by Gasteiger charge is 2.08. The van der Waals surface area contributed by atoms with Gasteiger partial charge in [0.25, 0.3) is 0 Å². The van der Waals surface area contributed by atoms with Crippen molar-refractivity contribution in [3.63, 3.8) is 0 Å². The van der Waals surface area contributed by atoms with Crippen molar-refractivity contribution in [2.75, 3.05) is 0 Å². The minimum atomic E-state index is -3.67. The molecule has 0 aliphatic rings. The monoisotopic (exact) mass is 313 g/mol. The number of aromatic nitrogens is 2. The minimum Gasteiger partial charge on any atom is -0.240 e. The van der Waals surface area contributed by atoms with Crippen LogP contribution in [0.1, 0.15) is 5.56 Å². The van der Waals surface area contributed by atoms with Gasteiger partial charge in [-0.05, 0) is 43.3 Å². The Bertz CT molecular complexity index is 913. The number of sulfonamides is 1. The van der Waals surface area contributed by atoms with Gasteiger partial charge in [0.2, 0.25) is 10.0 Å². The van der Waals surface area contributed by atoms with E-state index in [9.17, 15) is 8.42 Å². The van der Waals surface area contributed by atoms with E-state index in [1.54, 1.807) is 16.8 Å². The van der Waals surface area contributed by atoms with Gasteiger partial charge in [-0.3, -0.25) is 0 Å². The summed E-state index contributed by atoms with van der Waals surface area (Å²) < 4.78 is 24.2. The predicted molar refractivity (Wildman–Crippen MR) is 85.1 cm³/mol. The zero-order valence-electron chi connectivity index (χ0n) is 12.0. The number of rotatable bonds is 3. The molecule has 0 amide bonds. The zero-order valence-corrected chi connectivity index (χ0v) is 12.8. The lowest BCUT2D eigenvalue weighted by molar-refractivity contribution is 0.598. The van der Waals surface area contributed by atoms with Crippen LogP contribution in [0.4, 0.5) is 0 Å². The number of benzene rings is 2. The second-order valence-electron chi connectivity index (χ2n) is 5.05. The van der Waals surface area contributed by atoms with Crippen molar-refractivity contribution in [1.82, 2.24) is 9.78 Å². The molecule has 3 rings (SSSR count). The molecule has 0 spiro atoms. The van der Waals surface area contributed by atoms with E-state index in [4.69, 9.17) is 5.14 Å². The van der Waals surface area contributed by atoms with E-state index in [1.165, 1.54) is 17.7 Å². The Kier molecular flexibility index (Phi) is 3.56. The number of nitrogens with zero attached hydrogens (tertiary/aromatic N) is 2. The molecule has 0 bridgehead atoms. The highest BCUT2D eigenvalue weighted by atomic mass is 32.2. The van der Waals surface area contributed by atoms with Gasteiger partial charge in [-0.1, -0.05) is 23.8 Å². The fraction of sp³-hybridized carbons (Fsp3) is 0.0625. The summed E-state index contributed by atoms with van der Waals surface area (Å²) in [5.41, 5.74) is 3.84. The smallest absolute Gasteiger partial charge is 0.238 e. The summed E-state index contributed by atoms with van der Waals surface area (Å²) in [7, 11) is -3.67. The molecule has 1 heterocycles. The fourth-order valence-corrected chi connectivity index (χ4v) is 2.73. The molecule has 1 aromatic heterocycles. The molecule has 0 unspecified atom stereocenters. The van der Waals surface area contributed by atoms with Crippen molar-refractivity contribution in [3.8, 4) is 16.9 Å². The number of primary sulfonamides is 1. The maximum Gasteiger partial charge on any atom is 0.238 e. The van der Waals surface area contributed by atoms with E-state index in [2.05, 4.69) is 11.2 Å². The van der Waals surface area contributed by atoms with Crippen molar-refractivity contribution in [2.45, 2.75) is 11.8 Å². The Hall–Kier alpha value is -2.44. The fourth-order valence-electron chi connectivity index (χ4n) is 2.21. The quantitative estimate of drug-likeness (QED) is 0.807.